The number of piperidine rings is 1. The summed E-state index contributed by atoms with van der Waals surface area (Å²) in [7, 11) is 0. The summed E-state index contributed by atoms with van der Waals surface area (Å²) in [5.74, 6) is 0. The highest BCUT2D eigenvalue weighted by atomic mass is 16.2. The van der Waals surface area contributed by atoms with Gasteiger partial charge in [0.2, 0.25) is 0 Å². The summed E-state index contributed by atoms with van der Waals surface area (Å²) in [6.45, 7) is 8.72. The van der Waals surface area contributed by atoms with E-state index in [9.17, 15) is 4.79 Å². The van der Waals surface area contributed by atoms with Crippen molar-refractivity contribution < 1.29 is 4.79 Å². The number of carbonyl (C=O) groups excluding carboxylic acids is 1. The summed E-state index contributed by atoms with van der Waals surface area (Å²) in [6, 6.07) is 11.6. The second-order valence-electron chi connectivity index (χ2n) is 8.68. The van der Waals surface area contributed by atoms with Crippen LogP contribution in [-0.4, -0.2) is 42.1 Å². The van der Waals surface area contributed by atoms with E-state index in [1.54, 1.807) is 0 Å². The lowest BCUT2D eigenvalue weighted by Crippen LogP contribution is -2.53. The maximum absolute atomic E-state index is 12.5. The molecule has 1 saturated carbocycles. The number of nitrogens with zero attached hydrogens (tertiary/aromatic N) is 1. The molecule has 3 rings (SSSR count). The Morgan fingerprint density at radius 3 is 2.31 bits per heavy atom. The zero-order chi connectivity index (χ0) is 18.6. The zero-order valence-corrected chi connectivity index (χ0v) is 16.6. The van der Waals surface area contributed by atoms with Gasteiger partial charge in [0.15, 0.2) is 0 Å². The lowest BCUT2D eigenvalue weighted by Gasteiger charge is -2.37. The maximum atomic E-state index is 12.5. The smallest absolute Gasteiger partial charge is 0.315 e. The number of urea groups is 1. The minimum atomic E-state index is -0.107. The monoisotopic (exact) mass is 357 g/mol. The molecule has 2 amide bonds. The third-order valence-electron chi connectivity index (χ3n) is 6.65. The normalized spacial score (nSPS) is 21.5. The number of benzene rings is 1. The number of carbonyl (C=O) groups is 1. The minimum Gasteiger partial charge on any atom is -0.335 e. The van der Waals surface area contributed by atoms with E-state index in [1.165, 1.54) is 31.2 Å². The molecule has 0 unspecified atom stereocenters. The van der Waals surface area contributed by atoms with E-state index < -0.39 is 0 Å². The van der Waals surface area contributed by atoms with E-state index in [-0.39, 0.29) is 17.5 Å². The maximum Gasteiger partial charge on any atom is 0.315 e. The highest BCUT2D eigenvalue weighted by molar-refractivity contribution is 5.74. The summed E-state index contributed by atoms with van der Waals surface area (Å²) in [6.07, 6.45) is 7.65. The van der Waals surface area contributed by atoms with E-state index >= 15 is 0 Å². The molecule has 0 spiro atoms. The minimum absolute atomic E-state index is 0.0270. The first-order valence-electron chi connectivity index (χ1n) is 10.3. The molecule has 1 aromatic rings. The van der Waals surface area contributed by atoms with Gasteiger partial charge in [-0.15, -0.1) is 0 Å². The Bertz CT molecular complexity index is 572. The van der Waals surface area contributed by atoms with Crippen molar-refractivity contribution in [2.45, 2.75) is 82.8 Å². The van der Waals surface area contributed by atoms with Crippen LogP contribution in [0.2, 0.25) is 0 Å². The van der Waals surface area contributed by atoms with Gasteiger partial charge in [0.05, 0.1) is 0 Å². The number of hydrogen-bond acceptors (Lipinski definition) is 2. The van der Waals surface area contributed by atoms with Crippen LogP contribution in [0.15, 0.2) is 30.3 Å². The Kier molecular flexibility index (Phi) is 6.23. The number of nitrogens with one attached hydrogen (secondary N) is 2. The van der Waals surface area contributed by atoms with Gasteiger partial charge in [0.25, 0.3) is 0 Å². The molecular weight excluding hydrogens is 322 g/mol. The molecule has 2 N–H and O–H groups in total. The molecule has 1 aliphatic carbocycles. The van der Waals surface area contributed by atoms with Gasteiger partial charge in [-0.25, -0.2) is 4.79 Å². The van der Waals surface area contributed by atoms with Crippen molar-refractivity contribution in [3.63, 3.8) is 0 Å². The number of hydrogen-bond donors (Lipinski definition) is 2. The molecule has 1 aromatic carbocycles. The lowest BCUT2D eigenvalue weighted by atomic mass is 9.78. The average molecular weight is 358 g/mol. The molecule has 2 aliphatic rings. The van der Waals surface area contributed by atoms with E-state index in [0.717, 1.165) is 32.0 Å². The topological polar surface area (TPSA) is 44.4 Å². The van der Waals surface area contributed by atoms with Gasteiger partial charge in [-0.2, -0.15) is 0 Å². The van der Waals surface area contributed by atoms with Gasteiger partial charge in [0.1, 0.15) is 0 Å². The Morgan fingerprint density at radius 1 is 1.08 bits per heavy atom. The van der Waals surface area contributed by atoms with E-state index in [4.69, 9.17) is 0 Å². The van der Waals surface area contributed by atoms with Crippen molar-refractivity contribution in [1.82, 2.24) is 15.5 Å². The van der Waals surface area contributed by atoms with Gasteiger partial charge < -0.3 is 15.5 Å². The first kappa shape index (κ1) is 19.2. The van der Waals surface area contributed by atoms with Gasteiger partial charge in [-0.05, 0) is 38.2 Å². The molecule has 26 heavy (non-hydrogen) atoms. The van der Waals surface area contributed by atoms with Gasteiger partial charge in [-0.1, -0.05) is 57.0 Å². The summed E-state index contributed by atoms with van der Waals surface area (Å²) in [5, 5.41) is 6.38. The Balaban J connectivity index is 1.45. The predicted molar refractivity (Wildman–Crippen MR) is 107 cm³/mol. The second kappa shape index (κ2) is 8.43. The fourth-order valence-electron chi connectivity index (χ4n) is 4.40. The fraction of sp³-hybridized carbons (Fsp3) is 0.682. The molecular formula is C22H35N3O. The lowest BCUT2D eigenvalue weighted by molar-refractivity contribution is 0.145. The molecule has 1 saturated heterocycles. The van der Waals surface area contributed by atoms with Gasteiger partial charge in [-0.3, -0.25) is 0 Å². The summed E-state index contributed by atoms with van der Waals surface area (Å²) < 4.78 is 0. The van der Waals surface area contributed by atoms with Crippen LogP contribution < -0.4 is 10.6 Å². The fourth-order valence-corrected chi connectivity index (χ4v) is 4.40. The van der Waals surface area contributed by atoms with Crippen molar-refractivity contribution >= 4 is 6.03 Å². The highest BCUT2D eigenvalue weighted by Crippen LogP contribution is 2.27. The van der Waals surface area contributed by atoms with E-state index in [0.29, 0.717) is 6.04 Å². The first-order chi connectivity index (χ1) is 12.5. The van der Waals surface area contributed by atoms with Crippen LogP contribution in [0.25, 0.3) is 0 Å². The van der Waals surface area contributed by atoms with Crippen molar-refractivity contribution in [2.75, 3.05) is 13.1 Å². The molecule has 2 fully saturated rings. The standard InChI is InChI=1S/C22H35N3O/c1-17(22(2,3)18-9-5-4-6-10-18)23-21(26)24-19-13-15-25(16-14-19)20-11-7-8-12-20/h4-6,9-10,17,19-20H,7-8,11-16H2,1-3H3,(H2,23,24,26)/t17-/m1/s1. The third-order valence-corrected chi connectivity index (χ3v) is 6.65. The quantitative estimate of drug-likeness (QED) is 0.835. The third kappa shape index (κ3) is 4.59. The zero-order valence-electron chi connectivity index (χ0n) is 16.6. The predicted octanol–water partition coefficient (Wildman–Crippen LogP) is 4.06. The number of rotatable bonds is 5. The van der Waals surface area contributed by atoms with E-state index in [2.05, 4.69) is 60.6 Å². The summed E-state index contributed by atoms with van der Waals surface area (Å²) >= 11 is 0. The van der Waals surface area contributed by atoms with Crippen LogP contribution in [0.3, 0.4) is 0 Å². The molecule has 1 heterocycles. The molecule has 1 aliphatic heterocycles. The van der Waals surface area contributed by atoms with Crippen LogP contribution in [0, 0.1) is 0 Å². The van der Waals surface area contributed by atoms with Crippen LogP contribution in [-0.2, 0) is 5.41 Å². The highest BCUT2D eigenvalue weighted by Gasteiger charge is 2.31. The SMILES string of the molecule is C[C@@H](NC(=O)NC1CCN(C2CCCC2)CC1)C(C)(C)c1ccccc1. The van der Waals surface area contributed by atoms with Crippen LogP contribution >= 0.6 is 0 Å². The van der Waals surface area contributed by atoms with Crippen LogP contribution in [0.1, 0.15) is 64.9 Å². The summed E-state index contributed by atoms with van der Waals surface area (Å²) in [4.78, 5) is 15.1. The molecule has 0 radical (unpaired) electrons. The van der Waals surface area contributed by atoms with Crippen LogP contribution in [0.5, 0.6) is 0 Å². The van der Waals surface area contributed by atoms with Crippen molar-refractivity contribution in [3.05, 3.63) is 35.9 Å². The average Bonchev–Trinajstić information content (AvgIpc) is 3.17. The van der Waals surface area contributed by atoms with Gasteiger partial charge >= 0.3 is 6.03 Å². The van der Waals surface area contributed by atoms with E-state index in [1.807, 2.05) is 6.07 Å². The number of amides is 2. The second-order valence-corrected chi connectivity index (χ2v) is 8.68. The Hall–Kier alpha value is -1.55. The van der Waals surface area contributed by atoms with Gasteiger partial charge in [0, 0.05) is 36.6 Å². The first-order valence-corrected chi connectivity index (χ1v) is 10.3. The summed E-state index contributed by atoms with van der Waals surface area (Å²) in [5.41, 5.74) is 1.14. The number of likely N-dealkylation sites (tertiary alicyclic amines) is 1. The van der Waals surface area contributed by atoms with Crippen LogP contribution in [0.4, 0.5) is 4.79 Å². The molecule has 0 aromatic heterocycles. The Morgan fingerprint density at radius 2 is 1.69 bits per heavy atom. The molecule has 4 heteroatoms. The van der Waals surface area contributed by atoms with Crippen molar-refractivity contribution in [2.24, 2.45) is 0 Å². The molecule has 1 atom stereocenters. The Labute approximate surface area is 158 Å². The van der Waals surface area contributed by atoms with Crippen molar-refractivity contribution in [3.8, 4) is 0 Å². The molecule has 0 bridgehead atoms. The molecule has 4 nitrogen and oxygen atoms in total. The largest absolute Gasteiger partial charge is 0.335 e. The van der Waals surface area contributed by atoms with Crippen molar-refractivity contribution in [1.29, 1.82) is 0 Å². The molecule has 144 valence electrons.